The summed E-state index contributed by atoms with van der Waals surface area (Å²) in [5, 5.41) is 6.97. The van der Waals surface area contributed by atoms with Crippen molar-refractivity contribution in [2.75, 3.05) is 33.6 Å². The normalized spacial score (nSPS) is 13.6. The maximum absolute atomic E-state index is 13.2. The molecule has 0 radical (unpaired) electrons. The highest BCUT2D eigenvalue weighted by atomic mass is 35.7. The first-order valence-corrected chi connectivity index (χ1v) is 27.7. The van der Waals surface area contributed by atoms with Gasteiger partial charge in [-0.2, -0.15) is 0 Å². The molecule has 0 bridgehead atoms. The number of rotatable bonds is 5. The van der Waals surface area contributed by atoms with E-state index in [1.165, 1.54) is 50.9 Å². The van der Waals surface area contributed by atoms with E-state index in [1.807, 2.05) is 48.5 Å². The summed E-state index contributed by atoms with van der Waals surface area (Å²) in [6, 6.07) is 43.0. The number of H-pyrrole nitrogens is 1. The number of nitrogens with one attached hydrogen (secondary N) is 2. The van der Waals surface area contributed by atoms with Gasteiger partial charge in [0.1, 0.15) is 10.3 Å². The van der Waals surface area contributed by atoms with Gasteiger partial charge in [-0.1, -0.05) is 116 Å². The highest BCUT2D eigenvalue weighted by molar-refractivity contribution is 8.14. The average Bonchev–Trinajstić information content (AvgIpc) is 4.14. The average molecular weight is 1070 g/mol. The van der Waals surface area contributed by atoms with Crippen LogP contribution in [0, 0.1) is 0 Å². The molecule has 0 atom stereocenters. The van der Waals surface area contributed by atoms with Crippen LogP contribution >= 0.6 is 33.9 Å². The number of hydrogen-bond donors (Lipinski definition) is 2. The zero-order valence-corrected chi connectivity index (χ0v) is 41.6. The number of para-hydroxylation sites is 3. The summed E-state index contributed by atoms with van der Waals surface area (Å²) in [5.41, 5.74) is 6.03. The van der Waals surface area contributed by atoms with Crippen molar-refractivity contribution in [3.63, 3.8) is 0 Å². The molecule has 13 nitrogen and oxygen atoms in total. The van der Waals surface area contributed by atoms with Crippen LogP contribution in [0.2, 0.25) is 10.3 Å². The summed E-state index contributed by atoms with van der Waals surface area (Å²) in [5.74, 6) is 0. The number of nitrogens with zero attached hydrogens (tertiary/aromatic N) is 4. The van der Waals surface area contributed by atoms with E-state index in [4.69, 9.17) is 33.9 Å². The lowest BCUT2D eigenvalue weighted by Crippen LogP contribution is -2.29. The zero-order valence-electron chi connectivity index (χ0n) is 36.8. The first kappa shape index (κ1) is 50.8. The van der Waals surface area contributed by atoms with Crippen molar-refractivity contribution in [3.05, 3.63) is 202 Å². The number of anilines is 3. The molecule has 19 heteroatoms. The Morgan fingerprint density at radius 2 is 0.930 bits per heavy atom. The number of halogens is 3. The van der Waals surface area contributed by atoms with Gasteiger partial charge in [0.05, 0.1) is 26.1 Å². The molecule has 71 heavy (non-hydrogen) atoms. The highest BCUT2D eigenvalue weighted by Gasteiger charge is 2.33. The van der Waals surface area contributed by atoms with E-state index >= 15 is 0 Å². The topological polar surface area (TPSA) is 180 Å². The molecule has 6 aromatic carbocycles. The number of aromatic nitrogens is 3. The van der Waals surface area contributed by atoms with E-state index in [2.05, 4.69) is 44.5 Å². The highest BCUT2D eigenvalue weighted by Crippen LogP contribution is 2.37. The number of fused-ring (bicyclic) bond motifs is 6. The number of sulfonamides is 2. The fourth-order valence-electron chi connectivity index (χ4n) is 8.74. The second-order valence-corrected chi connectivity index (χ2v) is 23.0. The number of aromatic amines is 1. The number of hydrogen-bond acceptors (Lipinski definition) is 10. The lowest BCUT2D eigenvalue weighted by Gasteiger charge is -2.20. The third-order valence-corrected chi connectivity index (χ3v) is 17.8. The van der Waals surface area contributed by atoms with Crippen molar-refractivity contribution >= 4 is 112 Å². The molecule has 6 heterocycles. The van der Waals surface area contributed by atoms with E-state index in [1.54, 1.807) is 66.7 Å². The predicted molar refractivity (Wildman–Crippen MR) is 286 cm³/mol. The van der Waals surface area contributed by atoms with Gasteiger partial charge in [-0.3, -0.25) is 13.4 Å². The first-order chi connectivity index (χ1) is 33.6. The van der Waals surface area contributed by atoms with Crippen molar-refractivity contribution in [1.82, 2.24) is 15.0 Å². The van der Waals surface area contributed by atoms with Gasteiger partial charge in [0, 0.05) is 86.9 Å². The van der Waals surface area contributed by atoms with Gasteiger partial charge >= 0.3 is 0 Å². The third-order valence-electron chi connectivity index (χ3n) is 12.0. The Balaban J connectivity index is 0.000000133. The van der Waals surface area contributed by atoms with Crippen molar-refractivity contribution in [1.29, 1.82) is 0 Å². The van der Waals surface area contributed by atoms with Crippen molar-refractivity contribution < 1.29 is 25.3 Å². The van der Waals surface area contributed by atoms with Gasteiger partial charge < -0.3 is 10.3 Å². The monoisotopic (exact) mass is 1070 g/mol. The quantitative estimate of drug-likeness (QED) is 0.124. The SMILES string of the molecule is C.O=S(=O)(Cl)c1cccc2c(Cl)nccc12.O=S(=O)(c1cccc2c(Cl)nccc12)N1CCc2ccccc21.O=c1[nH]ccc2c(S(=O)(=O)N3CCc4ccccc43)cccc12.c1ccc2c(c1)CCN2. The van der Waals surface area contributed by atoms with Crippen LogP contribution in [0.25, 0.3) is 32.3 Å². The molecule has 0 saturated carbocycles. The Morgan fingerprint density at radius 1 is 0.479 bits per heavy atom. The summed E-state index contributed by atoms with van der Waals surface area (Å²) in [4.78, 5) is 22.8. The summed E-state index contributed by atoms with van der Waals surface area (Å²) < 4.78 is 78.1. The fraction of sp³-hybridized carbons (Fsp3) is 0.135. The Labute approximate surface area is 426 Å². The Hall–Kier alpha value is -6.53. The van der Waals surface area contributed by atoms with Gasteiger partial charge in [-0.15, -0.1) is 0 Å². The molecule has 364 valence electrons. The molecule has 0 fully saturated rings. The summed E-state index contributed by atoms with van der Waals surface area (Å²) in [6.45, 7) is 1.98. The van der Waals surface area contributed by atoms with Crippen LogP contribution in [0.5, 0.6) is 0 Å². The van der Waals surface area contributed by atoms with Crippen molar-refractivity contribution in [2.24, 2.45) is 0 Å². The van der Waals surface area contributed by atoms with Crippen LogP contribution in [0.4, 0.5) is 17.1 Å². The van der Waals surface area contributed by atoms with Gasteiger partial charge in [0.15, 0.2) is 0 Å². The molecular weight excluding hydrogens is 1020 g/mol. The Morgan fingerprint density at radius 3 is 1.45 bits per heavy atom. The molecule has 0 spiro atoms. The predicted octanol–water partition coefficient (Wildman–Crippen LogP) is 11.0. The molecule has 0 saturated heterocycles. The molecular formula is C52H45Cl3N6O7S3. The minimum absolute atomic E-state index is 0. The Kier molecular flexibility index (Phi) is 15.1. The van der Waals surface area contributed by atoms with E-state index in [0.717, 1.165) is 29.8 Å². The first-order valence-electron chi connectivity index (χ1n) is 21.8. The molecule has 0 aliphatic carbocycles. The zero-order chi connectivity index (χ0) is 49.2. The van der Waals surface area contributed by atoms with Crippen LogP contribution in [0.3, 0.4) is 0 Å². The van der Waals surface area contributed by atoms with Crippen molar-refractivity contribution in [3.8, 4) is 0 Å². The minimum Gasteiger partial charge on any atom is -0.384 e. The van der Waals surface area contributed by atoms with Gasteiger partial charge in [0.25, 0.3) is 34.7 Å². The molecule has 3 aliphatic heterocycles. The maximum Gasteiger partial charge on any atom is 0.264 e. The second-order valence-electron chi connectivity index (χ2n) is 16.1. The molecule has 9 aromatic rings. The maximum atomic E-state index is 13.2. The molecule has 3 aromatic heterocycles. The van der Waals surface area contributed by atoms with Crippen LogP contribution < -0.4 is 19.5 Å². The number of pyridine rings is 3. The summed E-state index contributed by atoms with van der Waals surface area (Å²) in [6.07, 6.45) is 7.05. The molecule has 2 N–H and O–H groups in total. The lowest BCUT2D eigenvalue weighted by atomic mass is 10.2. The molecule has 0 amide bonds. The van der Waals surface area contributed by atoms with E-state index < -0.39 is 29.1 Å². The number of benzene rings is 6. The van der Waals surface area contributed by atoms with Crippen LogP contribution in [0.1, 0.15) is 24.1 Å². The fourth-order valence-corrected chi connectivity index (χ4v) is 13.7. The van der Waals surface area contributed by atoms with E-state index in [0.29, 0.717) is 62.7 Å². The largest absolute Gasteiger partial charge is 0.384 e. The standard InChI is InChI=1S/C17H13ClN2O2S.C17H14N2O3S.C9H5Cl2NO2S.C8H9N.CH4/c18-17-14-5-3-7-16(13(14)8-10-19-17)23(21,22)20-11-9-12-4-1-2-6-15(12)20;20-17-14-5-3-7-16(13(14)8-10-18-17)23(21,22)19-11-9-12-4-1-2-6-15(12)19;10-9-7-2-1-3-8(15(11,13)14)6(7)4-5-12-9;1-2-4-8-7(3-1)5-6-9-8;/h1-8,10H,9,11H2;1-8,10H,9,11H2,(H,18,20);1-5H;1-4,9H,5-6H2;1H4. The van der Waals surface area contributed by atoms with E-state index in [9.17, 15) is 30.0 Å². The molecule has 3 aliphatic rings. The van der Waals surface area contributed by atoms with Gasteiger partial charge in [0.2, 0.25) is 0 Å². The molecule has 0 unspecified atom stereocenters. The smallest absolute Gasteiger partial charge is 0.264 e. The summed E-state index contributed by atoms with van der Waals surface area (Å²) in [7, 11) is -5.83. The van der Waals surface area contributed by atoms with Crippen molar-refractivity contribution in [2.45, 2.75) is 41.4 Å². The summed E-state index contributed by atoms with van der Waals surface area (Å²) >= 11 is 11.9. The van der Waals surface area contributed by atoms with Gasteiger partial charge in [-0.25, -0.2) is 35.2 Å². The second kappa shape index (κ2) is 21.1. The van der Waals surface area contributed by atoms with Crippen LogP contribution in [-0.4, -0.2) is 59.8 Å². The lowest BCUT2D eigenvalue weighted by molar-refractivity contribution is 0.591. The third kappa shape index (κ3) is 10.3. The van der Waals surface area contributed by atoms with Gasteiger partial charge in [-0.05, 0) is 96.6 Å². The van der Waals surface area contributed by atoms with Crippen LogP contribution in [0.15, 0.2) is 184 Å². The minimum atomic E-state index is -3.76. The Bertz CT molecular complexity index is 3860. The molecule has 12 rings (SSSR count). The van der Waals surface area contributed by atoms with Crippen LogP contribution in [-0.2, 0) is 48.4 Å². The van der Waals surface area contributed by atoms with E-state index in [-0.39, 0.29) is 32.8 Å².